The molecule has 1 aliphatic rings. The summed E-state index contributed by atoms with van der Waals surface area (Å²) in [5, 5.41) is 3.47. The van der Waals surface area contributed by atoms with Crippen LogP contribution in [0.25, 0.3) is 83.3 Å². The number of hydrogen-bond donors (Lipinski definition) is 0. The Morgan fingerprint density at radius 2 is 1.30 bits per heavy atom. The summed E-state index contributed by atoms with van der Waals surface area (Å²) in [6.07, 6.45) is 0. The first kappa shape index (κ1) is 26.2. The van der Waals surface area contributed by atoms with Crippen molar-refractivity contribution in [3.8, 4) is 39.5 Å². The molecule has 6 aromatic carbocycles. The molecule has 4 nitrogen and oxygen atoms in total. The maximum Gasteiger partial charge on any atom is 0.180 e. The molecule has 0 fully saturated rings. The summed E-state index contributed by atoms with van der Waals surface area (Å²) in [4.78, 5) is 10.1. The Balaban J connectivity index is 1.27. The topological polar surface area (TPSA) is 43.9 Å². The smallest absolute Gasteiger partial charge is 0.180 e. The van der Waals surface area contributed by atoms with Crippen LogP contribution in [0.15, 0.2) is 144 Å². The summed E-state index contributed by atoms with van der Waals surface area (Å²) in [5.41, 5.74) is 13.7. The second kappa shape index (κ2) is 9.51. The lowest BCUT2D eigenvalue weighted by Gasteiger charge is -2.23. The van der Waals surface area contributed by atoms with Crippen LogP contribution in [0.2, 0.25) is 0 Å². The highest BCUT2D eigenvalue weighted by atomic mass is 16.3. The van der Waals surface area contributed by atoms with Crippen LogP contribution in [0, 0.1) is 0 Å². The van der Waals surface area contributed by atoms with Crippen molar-refractivity contribution in [3.05, 3.63) is 151 Å². The monoisotopic (exact) mass is 603 g/mol. The standard InChI is InChI=1S/C43H29N3O/c1-43(2)34-19-11-9-17-29(34)31-23-24-32-30-18-10-12-20-35(30)46(40(32)37(31)43)28-21-22-33-36(25-28)47-41-38(26-13-5-3-6-14-26)44-42(45-39(33)41)27-15-7-4-8-16-27/h3-25H,1-2H3. The second-order valence-corrected chi connectivity index (χ2v) is 13.0. The average Bonchev–Trinajstić information content (AvgIpc) is 3.74. The number of aromatic nitrogens is 3. The van der Waals surface area contributed by atoms with Gasteiger partial charge in [0.2, 0.25) is 0 Å². The number of nitrogens with zero attached hydrogens (tertiary/aromatic N) is 3. The van der Waals surface area contributed by atoms with Gasteiger partial charge in [0.25, 0.3) is 0 Å². The molecule has 0 aliphatic heterocycles. The molecule has 0 spiro atoms. The molecule has 3 aromatic heterocycles. The summed E-state index contributed by atoms with van der Waals surface area (Å²) in [7, 11) is 0. The first-order chi connectivity index (χ1) is 23.1. The molecule has 0 N–H and O–H groups in total. The minimum atomic E-state index is -0.158. The van der Waals surface area contributed by atoms with E-state index in [0.29, 0.717) is 11.4 Å². The summed E-state index contributed by atoms with van der Waals surface area (Å²) >= 11 is 0. The van der Waals surface area contributed by atoms with Gasteiger partial charge >= 0.3 is 0 Å². The van der Waals surface area contributed by atoms with Crippen LogP contribution in [0.4, 0.5) is 0 Å². The second-order valence-electron chi connectivity index (χ2n) is 13.0. The van der Waals surface area contributed by atoms with Crippen LogP contribution >= 0.6 is 0 Å². The fourth-order valence-electron chi connectivity index (χ4n) is 7.86. The van der Waals surface area contributed by atoms with Crippen LogP contribution in [-0.2, 0) is 5.41 Å². The number of benzene rings is 6. The van der Waals surface area contributed by atoms with E-state index in [-0.39, 0.29) is 5.41 Å². The van der Waals surface area contributed by atoms with Crippen LogP contribution in [0.5, 0.6) is 0 Å². The van der Waals surface area contributed by atoms with E-state index in [9.17, 15) is 0 Å². The third-order valence-electron chi connectivity index (χ3n) is 9.99. The van der Waals surface area contributed by atoms with Crippen molar-refractivity contribution in [2.75, 3.05) is 0 Å². The van der Waals surface area contributed by atoms with Crippen molar-refractivity contribution in [3.63, 3.8) is 0 Å². The number of rotatable bonds is 3. The first-order valence-corrected chi connectivity index (χ1v) is 16.1. The number of furan rings is 1. The Labute approximate surface area is 271 Å². The third kappa shape index (κ3) is 3.64. The highest BCUT2D eigenvalue weighted by molar-refractivity contribution is 6.14. The molecule has 1 aliphatic carbocycles. The van der Waals surface area contributed by atoms with Gasteiger partial charge in [-0.1, -0.05) is 129 Å². The molecule has 10 rings (SSSR count). The molecular weight excluding hydrogens is 574 g/mol. The van der Waals surface area contributed by atoms with Gasteiger partial charge in [0.05, 0.1) is 11.0 Å². The SMILES string of the molecule is CC1(C)c2ccccc2-c2ccc3c4ccccc4n(-c4ccc5c(c4)oc4c(-c6ccccc6)nc(-c6ccccc6)nc45)c3c21. The number of para-hydroxylation sites is 1. The normalized spacial score (nSPS) is 13.5. The molecule has 0 atom stereocenters. The Morgan fingerprint density at radius 1 is 0.596 bits per heavy atom. The van der Waals surface area contributed by atoms with Crippen molar-refractivity contribution in [1.82, 2.24) is 14.5 Å². The Kier molecular flexibility index (Phi) is 5.31. The number of hydrogen-bond acceptors (Lipinski definition) is 3. The molecule has 0 radical (unpaired) electrons. The molecule has 4 heteroatoms. The summed E-state index contributed by atoms with van der Waals surface area (Å²) < 4.78 is 9.17. The van der Waals surface area contributed by atoms with Gasteiger partial charge in [0.1, 0.15) is 16.8 Å². The number of fused-ring (bicyclic) bond motifs is 10. The van der Waals surface area contributed by atoms with Gasteiger partial charge in [-0.3, -0.25) is 0 Å². The van der Waals surface area contributed by atoms with Gasteiger partial charge < -0.3 is 8.98 Å². The van der Waals surface area contributed by atoms with Crippen LogP contribution in [0.1, 0.15) is 25.0 Å². The zero-order valence-electron chi connectivity index (χ0n) is 26.0. The van der Waals surface area contributed by atoms with Gasteiger partial charge in [-0.15, -0.1) is 0 Å². The van der Waals surface area contributed by atoms with Crippen molar-refractivity contribution in [2.24, 2.45) is 0 Å². The molecular formula is C43H29N3O. The van der Waals surface area contributed by atoms with Crippen LogP contribution in [-0.4, -0.2) is 14.5 Å². The van der Waals surface area contributed by atoms with Gasteiger partial charge in [-0.2, -0.15) is 0 Å². The van der Waals surface area contributed by atoms with E-state index in [1.807, 2.05) is 36.4 Å². The van der Waals surface area contributed by atoms with Gasteiger partial charge in [0, 0.05) is 44.5 Å². The molecule has 222 valence electrons. The van der Waals surface area contributed by atoms with Crippen molar-refractivity contribution in [1.29, 1.82) is 0 Å². The van der Waals surface area contributed by atoms with Crippen molar-refractivity contribution >= 4 is 43.9 Å². The fourth-order valence-corrected chi connectivity index (χ4v) is 7.86. The van der Waals surface area contributed by atoms with E-state index in [2.05, 4.69) is 122 Å². The quantitative estimate of drug-likeness (QED) is 0.202. The Hall–Kier alpha value is -6.00. The highest BCUT2D eigenvalue weighted by Crippen LogP contribution is 2.53. The van der Waals surface area contributed by atoms with Crippen LogP contribution in [0.3, 0.4) is 0 Å². The third-order valence-corrected chi connectivity index (χ3v) is 9.99. The summed E-state index contributed by atoms with van der Waals surface area (Å²) in [6.45, 7) is 4.71. The molecule has 0 bridgehead atoms. The molecule has 3 heterocycles. The largest absolute Gasteiger partial charge is 0.452 e. The van der Waals surface area contributed by atoms with Crippen molar-refractivity contribution in [2.45, 2.75) is 19.3 Å². The molecule has 9 aromatic rings. The van der Waals surface area contributed by atoms with Crippen molar-refractivity contribution < 1.29 is 4.42 Å². The maximum atomic E-state index is 6.74. The van der Waals surface area contributed by atoms with E-state index in [1.54, 1.807) is 0 Å². The fraction of sp³-hybridized carbons (Fsp3) is 0.0698. The predicted molar refractivity (Wildman–Crippen MR) is 192 cm³/mol. The molecule has 0 saturated carbocycles. The lowest BCUT2D eigenvalue weighted by atomic mass is 9.81. The average molecular weight is 604 g/mol. The van der Waals surface area contributed by atoms with E-state index in [0.717, 1.165) is 39.0 Å². The van der Waals surface area contributed by atoms with E-state index in [1.165, 1.54) is 44.1 Å². The zero-order valence-corrected chi connectivity index (χ0v) is 26.0. The molecule has 47 heavy (non-hydrogen) atoms. The molecule has 0 amide bonds. The first-order valence-electron chi connectivity index (χ1n) is 16.1. The molecule has 0 unspecified atom stereocenters. The van der Waals surface area contributed by atoms with E-state index in [4.69, 9.17) is 14.4 Å². The zero-order chi connectivity index (χ0) is 31.3. The van der Waals surface area contributed by atoms with Crippen LogP contribution < -0.4 is 0 Å². The van der Waals surface area contributed by atoms with Gasteiger partial charge in [-0.05, 0) is 40.5 Å². The lowest BCUT2D eigenvalue weighted by molar-refractivity contribution is 0.663. The highest BCUT2D eigenvalue weighted by Gasteiger charge is 2.38. The Morgan fingerprint density at radius 3 is 2.13 bits per heavy atom. The van der Waals surface area contributed by atoms with E-state index >= 15 is 0 Å². The lowest BCUT2D eigenvalue weighted by Crippen LogP contribution is -2.16. The summed E-state index contributed by atoms with van der Waals surface area (Å²) in [5.74, 6) is 0.684. The Bertz CT molecular complexity index is 2700. The minimum Gasteiger partial charge on any atom is -0.452 e. The predicted octanol–water partition coefficient (Wildman–Crippen LogP) is 11.1. The summed E-state index contributed by atoms with van der Waals surface area (Å²) in [6, 6.07) is 49.2. The minimum absolute atomic E-state index is 0.158. The van der Waals surface area contributed by atoms with Gasteiger partial charge in [0.15, 0.2) is 11.4 Å². The van der Waals surface area contributed by atoms with E-state index < -0.39 is 0 Å². The molecule has 0 saturated heterocycles. The van der Waals surface area contributed by atoms with Gasteiger partial charge in [-0.25, -0.2) is 9.97 Å². The maximum absolute atomic E-state index is 6.74.